The average Bonchev–Trinajstić information content (AvgIpc) is 2.71. The number of benzene rings is 1. The maximum Gasteiger partial charge on any atom is 0.160 e. The van der Waals surface area contributed by atoms with E-state index in [1.54, 1.807) is 30.5 Å². The molecule has 0 aliphatic heterocycles. The van der Waals surface area contributed by atoms with Gasteiger partial charge >= 0.3 is 0 Å². The minimum Gasteiger partial charge on any atom is -0.457 e. The Labute approximate surface area is 165 Å². The van der Waals surface area contributed by atoms with E-state index < -0.39 is 0 Å². The van der Waals surface area contributed by atoms with Gasteiger partial charge in [-0.25, -0.2) is 15.0 Å². The molecular weight excluding hydrogens is 378 g/mol. The number of aromatic nitrogens is 4. The van der Waals surface area contributed by atoms with Crippen LogP contribution in [-0.2, 0) is 0 Å². The van der Waals surface area contributed by atoms with Crippen molar-refractivity contribution in [2.45, 2.75) is 6.92 Å². The molecule has 0 spiro atoms. The number of halogens is 1. The minimum atomic E-state index is 0.383. The number of nitrogens with one attached hydrogen (secondary N) is 2. The molecule has 3 heterocycles. The standard InChI is InChI=1S/C19H16ClN7O/c1-11-8-12(2-4-15(11)28-13-6-7-22-17(9-13)27-21)25-19-18-14(23-10-24-19)3-5-16(20)26-18/h2-10H,21H2,1H3,(H,22,27)(H,23,24,25). The second-order valence-corrected chi connectivity index (χ2v) is 6.36. The van der Waals surface area contributed by atoms with E-state index in [1.165, 1.54) is 6.33 Å². The number of aromatic amines is 1. The summed E-state index contributed by atoms with van der Waals surface area (Å²) in [7, 11) is 0. The van der Waals surface area contributed by atoms with Crippen molar-refractivity contribution in [2.75, 3.05) is 5.32 Å². The van der Waals surface area contributed by atoms with E-state index in [0.29, 0.717) is 39.0 Å². The molecule has 0 bridgehead atoms. The maximum absolute atomic E-state index is 6.01. The van der Waals surface area contributed by atoms with Gasteiger partial charge in [0.05, 0.1) is 5.52 Å². The number of nitrogens with zero attached hydrogens (tertiary/aromatic N) is 4. The number of rotatable bonds is 4. The topological polar surface area (TPSA) is 114 Å². The Hall–Kier alpha value is -3.65. The largest absolute Gasteiger partial charge is 0.457 e. The molecule has 4 aromatic rings. The fourth-order valence-corrected chi connectivity index (χ4v) is 2.83. The van der Waals surface area contributed by atoms with E-state index in [9.17, 15) is 0 Å². The third-order valence-electron chi connectivity index (χ3n) is 4.01. The number of pyridine rings is 2. The fraction of sp³-hybridized carbons (Fsp3) is 0.0526. The highest BCUT2D eigenvalue weighted by atomic mass is 35.5. The van der Waals surface area contributed by atoms with Crippen molar-refractivity contribution < 1.29 is 4.74 Å². The molecule has 9 heteroatoms. The first-order valence-corrected chi connectivity index (χ1v) is 8.75. The van der Waals surface area contributed by atoms with Crippen LogP contribution >= 0.6 is 11.6 Å². The van der Waals surface area contributed by atoms with Gasteiger partial charge in [0.2, 0.25) is 0 Å². The number of fused-ring (bicyclic) bond motifs is 1. The van der Waals surface area contributed by atoms with E-state index in [4.69, 9.17) is 22.2 Å². The van der Waals surface area contributed by atoms with Crippen LogP contribution in [0.1, 0.15) is 5.56 Å². The molecule has 0 unspecified atom stereocenters. The molecule has 0 fully saturated rings. The SMILES string of the molecule is Cc1cc(Nc2ncnc3ccc(Cl)nc23)ccc1Oc1cc[nH]/c(=N\N)c1. The van der Waals surface area contributed by atoms with Crippen LogP contribution in [0.5, 0.6) is 11.5 Å². The van der Waals surface area contributed by atoms with Gasteiger partial charge in [-0.15, -0.1) is 0 Å². The van der Waals surface area contributed by atoms with Crippen LogP contribution in [0.4, 0.5) is 11.5 Å². The van der Waals surface area contributed by atoms with E-state index in [0.717, 1.165) is 11.3 Å². The van der Waals surface area contributed by atoms with Crippen molar-refractivity contribution in [1.82, 2.24) is 19.9 Å². The number of ether oxygens (including phenoxy) is 1. The Kier molecular flexibility index (Phi) is 4.77. The molecular formula is C19H16ClN7O. The summed E-state index contributed by atoms with van der Waals surface area (Å²) in [5, 5.41) is 7.26. The lowest BCUT2D eigenvalue weighted by Gasteiger charge is -2.12. The number of anilines is 2. The molecule has 0 saturated carbocycles. The molecule has 0 radical (unpaired) electrons. The number of hydrogen-bond acceptors (Lipinski definition) is 7. The van der Waals surface area contributed by atoms with E-state index in [-0.39, 0.29) is 0 Å². The van der Waals surface area contributed by atoms with Crippen LogP contribution in [0.3, 0.4) is 0 Å². The smallest absolute Gasteiger partial charge is 0.160 e. The molecule has 0 amide bonds. The second-order valence-electron chi connectivity index (χ2n) is 5.97. The summed E-state index contributed by atoms with van der Waals surface area (Å²) in [5.41, 5.74) is 3.61. The van der Waals surface area contributed by atoms with E-state index in [1.807, 2.05) is 25.1 Å². The van der Waals surface area contributed by atoms with Crippen molar-refractivity contribution in [3.63, 3.8) is 0 Å². The van der Waals surface area contributed by atoms with Crippen molar-refractivity contribution >= 4 is 34.1 Å². The van der Waals surface area contributed by atoms with Crippen LogP contribution in [0.2, 0.25) is 5.15 Å². The van der Waals surface area contributed by atoms with Gasteiger partial charge in [-0.1, -0.05) is 11.6 Å². The van der Waals surface area contributed by atoms with Gasteiger partial charge in [0.25, 0.3) is 0 Å². The summed E-state index contributed by atoms with van der Waals surface area (Å²) in [6.07, 6.45) is 3.20. The molecule has 0 atom stereocenters. The highest BCUT2D eigenvalue weighted by molar-refractivity contribution is 6.29. The summed E-state index contributed by atoms with van der Waals surface area (Å²) in [6, 6.07) is 12.7. The molecule has 8 nitrogen and oxygen atoms in total. The maximum atomic E-state index is 6.01. The van der Waals surface area contributed by atoms with E-state index >= 15 is 0 Å². The van der Waals surface area contributed by atoms with Gasteiger partial charge in [-0.2, -0.15) is 5.10 Å². The zero-order valence-electron chi connectivity index (χ0n) is 14.8. The van der Waals surface area contributed by atoms with Gasteiger partial charge in [-0.05, 0) is 48.9 Å². The van der Waals surface area contributed by atoms with Crippen LogP contribution in [0, 0.1) is 6.92 Å². The molecule has 140 valence electrons. The first-order chi connectivity index (χ1) is 13.6. The molecule has 0 saturated heterocycles. The van der Waals surface area contributed by atoms with Gasteiger partial charge in [-0.3, -0.25) is 0 Å². The number of nitrogens with two attached hydrogens (primary N) is 1. The predicted molar refractivity (Wildman–Crippen MR) is 107 cm³/mol. The number of hydrogen-bond donors (Lipinski definition) is 3. The Bertz CT molecular complexity index is 1220. The number of aryl methyl sites for hydroxylation is 1. The summed E-state index contributed by atoms with van der Waals surface area (Å²) >= 11 is 6.01. The quantitative estimate of drug-likeness (QED) is 0.277. The molecule has 0 aliphatic rings. The average molecular weight is 394 g/mol. The highest BCUT2D eigenvalue weighted by Crippen LogP contribution is 2.29. The second kappa shape index (κ2) is 7.53. The Morgan fingerprint density at radius 1 is 1.14 bits per heavy atom. The lowest BCUT2D eigenvalue weighted by Crippen LogP contribution is -2.09. The van der Waals surface area contributed by atoms with Crippen molar-refractivity contribution in [3.8, 4) is 11.5 Å². The lowest BCUT2D eigenvalue weighted by atomic mass is 10.2. The molecule has 4 N–H and O–H groups in total. The Balaban J connectivity index is 1.61. The normalized spacial score (nSPS) is 11.6. The van der Waals surface area contributed by atoms with Crippen LogP contribution < -0.4 is 21.4 Å². The summed E-state index contributed by atoms with van der Waals surface area (Å²) < 4.78 is 5.92. The zero-order valence-corrected chi connectivity index (χ0v) is 15.6. The van der Waals surface area contributed by atoms with Crippen molar-refractivity contribution in [1.29, 1.82) is 0 Å². The monoisotopic (exact) mass is 393 g/mol. The number of H-pyrrole nitrogens is 1. The summed E-state index contributed by atoms with van der Waals surface area (Å²) in [5.74, 6) is 7.22. The molecule has 4 rings (SSSR count). The van der Waals surface area contributed by atoms with Crippen LogP contribution in [-0.4, -0.2) is 19.9 Å². The molecule has 1 aromatic carbocycles. The van der Waals surface area contributed by atoms with Gasteiger partial charge in [0.1, 0.15) is 28.5 Å². The summed E-state index contributed by atoms with van der Waals surface area (Å²) in [6.45, 7) is 1.96. The zero-order chi connectivity index (χ0) is 19.5. The third-order valence-corrected chi connectivity index (χ3v) is 4.22. The lowest BCUT2D eigenvalue weighted by molar-refractivity contribution is 0.477. The fourth-order valence-electron chi connectivity index (χ4n) is 2.68. The molecule has 3 aromatic heterocycles. The molecule has 28 heavy (non-hydrogen) atoms. The summed E-state index contributed by atoms with van der Waals surface area (Å²) in [4.78, 5) is 15.7. The van der Waals surface area contributed by atoms with Crippen molar-refractivity contribution in [2.24, 2.45) is 10.9 Å². The molecule has 0 aliphatic carbocycles. The predicted octanol–water partition coefficient (Wildman–Crippen LogP) is 3.63. The highest BCUT2D eigenvalue weighted by Gasteiger charge is 2.08. The Morgan fingerprint density at radius 2 is 2.04 bits per heavy atom. The van der Waals surface area contributed by atoms with Gasteiger partial charge in [0, 0.05) is 18.0 Å². The van der Waals surface area contributed by atoms with E-state index in [2.05, 4.69) is 30.4 Å². The van der Waals surface area contributed by atoms with Crippen LogP contribution in [0.25, 0.3) is 11.0 Å². The van der Waals surface area contributed by atoms with Crippen LogP contribution in [0.15, 0.2) is 60.1 Å². The van der Waals surface area contributed by atoms with Gasteiger partial charge in [0.15, 0.2) is 11.3 Å². The minimum absolute atomic E-state index is 0.383. The van der Waals surface area contributed by atoms with Gasteiger partial charge < -0.3 is 20.9 Å². The van der Waals surface area contributed by atoms with Crippen molar-refractivity contribution in [3.05, 3.63) is 71.2 Å². The Morgan fingerprint density at radius 3 is 2.86 bits per heavy atom. The first-order valence-electron chi connectivity index (χ1n) is 8.38. The first kappa shape index (κ1) is 17.7. The third kappa shape index (κ3) is 3.72.